The maximum absolute atomic E-state index is 13.3. The van der Waals surface area contributed by atoms with Crippen molar-refractivity contribution in [3.63, 3.8) is 0 Å². The normalized spacial score (nSPS) is 10.5. The fraction of sp³-hybridized carbons (Fsp3) is 0.182. The van der Waals surface area contributed by atoms with Crippen LogP contribution < -0.4 is 0 Å². The van der Waals surface area contributed by atoms with Crippen LogP contribution in [0.15, 0.2) is 24.3 Å². The maximum Gasteiger partial charge on any atom is 0.270 e. The molecule has 90 valence electrons. The van der Waals surface area contributed by atoms with Crippen LogP contribution in [0.5, 0.6) is 0 Å². The van der Waals surface area contributed by atoms with E-state index in [1.807, 2.05) is 0 Å². The van der Waals surface area contributed by atoms with Gasteiger partial charge in [0.15, 0.2) is 0 Å². The van der Waals surface area contributed by atoms with Gasteiger partial charge in [-0.1, -0.05) is 0 Å². The van der Waals surface area contributed by atoms with E-state index in [1.165, 1.54) is 11.0 Å². The average molecular weight is 238 g/mol. The van der Waals surface area contributed by atoms with Crippen molar-refractivity contribution in [3.8, 4) is 0 Å². The average Bonchev–Trinajstić information content (AvgIpc) is 2.26. The zero-order valence-corrected chi connectivity index (χ0v) is 9.38. The Hall–Kier alpha value is -2.24. The summed E-state index contributed by atoms with van der Waals surface area (Å²) in [6, 6.07) is 3.15. The topological polar surface area (TPSA) is 63.5 Å². The zero-order chi connectivity index (χ0) is 13.0. The minimum Gasteiger partial charge on any atom is -0.345 e. The summed E-state index contributed by atoms with van der Waals surface area (Å²) in [6.07, 6.45) is 2.37. The van der Waals surface area contributed by atoms with Gasteiger partial charge in [0.05, 0.1) is 4.92 Å². The maximum atomic E-state index is 13.3. The molecule has 1 aromatic carbocycles. The number of benzene rings is 1. The SMILES string of the molecule is CN(C)C(=O)/C=C/c1cc([N+](=O)[O-])ccc1F. The summed E-state index contributed by atoms with van der Waals surface area (Å²) in [6.45, 7) is 0. The van der Waals surface area contributed by atoms with Crippen LogP contribution in [-0.2, 0) is 4.79 Å². The molecule has 0 atom stereocenters. The molecular weight excluding hydrogens is 227 g/mol. The number of halogens is 1. The number of likely N-dealkylation sites (N-methyl/N-ethyl adjacent to an activating group) is 1. The third-order valence-corrected chi connectivity index (χ3v) is 2.04. The van der Waals surface area contributed by atoms with Crippen LogP contribution in [0.2, 0.25) is 0 Å². The molecule has 0 fully saturated rings. The first-order valence-electron chi connectivity index (χ1n) is 4.75. The van der Waals surface area contributed by atoms with Crippen molar-refractivity contribution in [2.75, 3.05) is 14.1 Å². The smallest absolute Gasteiger partial charge is 0.270 e. The van der Waals surface area contributed by atoms with Crippen LogP contribution in [0, 0.1) is 15.9 Å². The number of carbonyl (C=O) groups excluding carboxylic acids is 1. The molecule has 0 aliphatic rings. The summed E-state index contributed by atoms with van der Waals surface area (Å²) in [7, 11) is 3.10. The third-order valence-electron chi connectivity index (χ3n) is 2.04. The van der Waals surface area contributed by atoms with Gasteiger partial charge in [0.1, 0.15) is 5.82 Å². The molecule has 0 aliphatic heterocycles. The Kier molecular flexibility index (Phi) is 3.92. The lowest BCUT2D eigenvalue weighted by atomic mass is 10.1. The van der Waals surface area contributed by atoms with Gasteiger partial charge >= 0.3 is 0 Å². The van der Waals surface area contributed by atoms with Crippen molar-refractivity contribution in [1.29, 1.82) is 0 Å². The van der Waals surface area contributed by atoms with Gasteiger partial charge in [-0.05, 0) is 12.1 Å². The van der Waals surface area contributed by atoms with Gasteiger partial charge in [0.25, 0.3) is 5.69 Å². The molecule has 0 saturated carbocycles. The second-order valence-corrected chi connectivity index (χ2v) is 3.53. The van der Waals surface area contributed by atoms with Crippen LogP contribution in [0.4, 0.5) is 10.1 Å². The summed E-state index contributed by atoms with van der Waals surface area (Å²) in [5.74, 6) is -0.936. The number of rotatable bonds is 3. The van der Waals surface area contributed by atoms with Crippen molar-refractivity contribution in [3.05, 3.63) is 45.8 Å². The molecule has 0 heterocycles. The Morgan fingerprint density at radius 1 is 1.47 bits per heavy atom. The highest BCUT2D eigenvalue weighted by atomic mass is 19.1. The molecule has 1 rings (SSSR count). The highest BCUT2D eigenvalue weighted by Gasteiger charge is 2.09. The Morgan fingerprint density at radius 2 is 2.12 bits per heavy atom. The highest BCUT2D eigenvalue weighted by molar-refractivity contribution is 5.91. The van der Waals surface area contributed by atoms with Gasteiger partial charge in [-0.2, -0.15) is 0 Å². The Bertz CT molecular complexity index is 484. The number of nitrogens with zero attached hydrogens (tertiary/aromatic N) is 2. The number of non-ortho nitro benzene ring substituents is 1. The van der Waals surface area contributed by atoms with Crippen LogP contribution >= 0.6 is 0 Å². The van der Waals surface area contributed by atoms with E-state index in [4.69, 9.17) is 0 Å². The number of nitro benzene ring substituents is 1. The number of nitro groups is 1. The third kappa shape index (κ3) is 3.37. The van der Waals surface area contributed by atoms with Gasteiger partial charge in [-0.15, -0.1) is 0 Å². The van der Waals surface area contributed by atoms with E-state index in [-0.39, 0.29) is 17.2 Å². The largest absolute Gasteiger partial charge is 0.345 e. The minimum absolute atomic E-state index is 0.00870. The quantitative estimate of drug-likeness (QED) is 0.458. The van der Waals surface area contributed by atoms with E-state index in [1.54, 1.807) is 14.1 Å². The zero-order valence-electron chi connectivity index (χ0n) is 9.38. The van der Waals surface area contributed by atoms with Crippen LogP contribution in [-0.4, -0.2) is 29.8 Å². The van der Waals surface area contributed by atoms with Gasteiger partial charge in [0, 0.05) is 37.9 Å². The van der Waals surface area contributed by atoms with Crippen molar-refractivity contribution < 1.29 is 14.1 Å². The van der Waals surface area contributed by atoms with Crippen LogP contribution in [0.3, 0.4) is 0 Å². The van der Waals surface area contributed by atoms with Crippen molar-refractivity contribution in [2.24, 2.45) is 0 Å². The van der Waals surface area contributed by atoms with Crippen molar-refractivity contribution in [1.82, 2.24) is 4.90 Å². The molecule has 0 unspecified atom stereocenters. The predicted octanol–water partition coefficient (Wildman–Crippen LogP) is 1.84. The first-order valence-corrected chi connectivity index (χ1v) is 4.75. The highest BCUT2D eigenvalue weighted by Crippen LogP contribution is 2.17. The van der Waals surface area contributed by atoms with Crippen molar-refractivity contribution >= 4 is 17.7 Å². The number of amides is 1. The van der Waals surface area contributed by atoms with E-state index in [0.717, 1.165) is 24.3 Å². The van der Waals surface area contributed by atoms with E-state index in [9.17, 15) is 19.3 Å². The van der Waals surface area contributed by atoms with Gasteiger partial charge in [-0.3, -0.25) is 14.9 Å². The van der Waals surface area contributed by atoms with E-state index in [2.05, 4.69) is 0 Å². The molecule has 1 aromatic rings. The summed E-state index contributed by atoms with van der Waals surface area (Å²) < 4.78 is 13.3. The molecule has 6 heteroatoms. The van der Waals surface area contributed by atoms with Gasteiger partial charge in [0.2, 0.25) is 5.91 Å². The van der Waals surface area contributed by atoms with E-state index >= 15 is 0 Å². The molecule has 0 saturated heterocycles. The second-order valence-electron chi connectivity index (χ2n) is 3.53. The summed E-state index contributed by atoms with van der Waals surface area (Å²) in [5.41, 5.74) is -0.210. The molecule has 17 heavy (non-hydrogen) atoms. The molecule has 0 radical (unpaired) electrons. The molecule has 0 N–H and O–H groups in total. The Morgan fingerprint density at radius 3 is 2.65 bits per heavy atom. The van der Waals surface area contributed by atoms with E-state index < -0.39 is 10.7 Å². The van der Waals surface area contributed by atoms with Gasteiger partial charge < -0.3 is 4.90 Å². The lowest BCUT2D eigenvalue weighted by Gasteiger charge is -2.05. The number of carbonyl (C=O) groups is 1. The molecular formula is C11H11FN2O3. The van der Waals surface area contributed by atoms with Crippen LogP contribution in [0.25, 0.3) is 6.08 Å². The minimum atomic E-state index is -0.620. The molecule has 0 aliphatic carbocycles. The van der Waals surface area contributed by atoms with Gasteiger partial charge in [-0.25, -0.2) is 4.39 Å². The predicted molar refractivity (Wildman–Crippen MR) is 60.8 cm³/mol. The number of hydrogen-bond donors (Lipinski definition) is 0. The molecule has 0 bridgehead atoms. The lowest BCUT2D eigenvalue weighted by molar-refractivity contribution is -0.384. The first-order chi connectivity index (χ1) is 7.91. The van der Waals surface area contributed by atoms with Crippen LogP contribution in [0.1, 0.15) is 5.56 Å². The summed E-state index contributed by atoms with van der Waals surface area (Å²) in [4.78, 5) is 22.4. The Labute approximate surface area is 97.3 Å². The lowest BCUT2D eigenvalue weighted by Crippen LogP contribution is -2.18. The molecule has 0 aromatic heterocycles. The molecule has 1 amide bonds. The van der Waals surface area contributed by atoms with E-state index in [0.29, 0.717) is 0 Å². The summed E-state index contributed by atoms with van der Waals surface area (Å²) >= 11 is 0. The molecule has 5 nitrogen and oxygen atoms in total. The monoisotopic (exact) mass is 238 g/mol. The standard InChI is InChI=1S/C11H11FN2O3/c1-13(2)11(15)6-3-8-7-9(14(16)17)4-5-10(8)12/h3-7H,1-2H3/b6-3+. The second kappa shape index (κ2) is 5.20. The fourth-order valence-electron chi connectivity index (χ4n) is 1.08. The summed E-state index contributed by atoms with van der Waals surface area (Å²) in [5, 5.41) is 10.5. The van der Waals surface area contributed by atoms with Crippen molar-refractivity contribution in [2.45, 2.75) is 0 Å². The fourth-order valence-corrected chi connectivity index (χ4v) is 1.08. The Balaban J connectivity index is 3.01. The number of hydrogen-bond acceptors (Lipinski definition) is 3. The first kappa shape index (κ1) is 12.8. The molecule has 0 spiro atoms.